The van der Waals surface area contributed by atoms with E-state index >= 15 is 0 Å². The first-order chi connectivity index (χ1) is 13.4. The van der Waals surface area contributed by atoms with E-state index in [0.717, 1.165) is 5.56 Å². The normalized spacial score (nSPS) is 13.0. The molecule has 0 aromatic heterocycles. The minimum atomic E-state index is -5.08. The van der Waals surface area contributed by atoms with Crippen LogP contribution in [-0.4, -0.2) is 47.8 Å². The highest BCUT2D eigenvalue weighted by Gasteiger charge is 2.38. The van der Waals surface area contributed by atoms with Crippen molar-refractivity contribution in [2.75, 3.05) is 6.61 Å². The van der Waals surface area contributed by atoms with E-state index in [9.17, 15) is 22.8 Å². The van der Waals surface area contributed by atoms with Gasteiger partial charge in [0.25, 0.3) is 0 Å². The summed E-state index contributed by atoms with van der Waals surface area (Å²) in [5.74, 6) is -3.23. The molecule has 0 spiro atoms. The van der Waals surface area contributed by atoms with Gasteiger partial charge in [-0.2, -0.15) is 13.2 Å². The molecule has 0 aliphatic carbocycles. The van der Waals surface area contributed by atoms with Gasteiger partial charge >= 0.3 is 18.1 Å². The van der Waals surface area contributed by atoms with Gasteiger partial charge in [0.05, 0.1) is 12.6 Å². The summed E-state index contributed by atoms with van der Waals surface area (Å²) in [6.45, 7) is 6.01. The monoisotopic (exact) mass is 420 g/mol. The second-order valence-corrected chi connectivity index (χ2v) is 6.54. The molecular formula is C19H27F3N2O5. The van der Waals surface area contributed by atoms with E-state index in [2.05, 4.69) is 5.32 Å². The zero-order valence-electron chi connectivity index (χ0n) is 16.5. The number of alkyl halides is 3. The fourth-order valence-corrected chi connectivity index (χ4v) is 2.17. The fraction of sp³-hybridized carbons (Fsp3) is 0.526. The Morgan fingerprint density at radius 3 is 2.10 bits per heavy atom. The average molecular weight is 420 g/mol. The van der Waals surface area contributed by atoms with Gasteiger partial charge in [0.15, 0.2) is 0 Å². The van der Waals surface area contributed by atoms with Crippen molar-refractivity contribution >= 4 is 17.8 Å². The van der Waals surface area contributed by atoms with Crippen LogP contribution in [0.2, 0.25) is 0 Å². The van der Waals surface area contributed by atoms with Gasteiger partial charge in [0, 0.05) is 0 Å². The largest absolute Gasteiger partial charge is 0.490 e. The lowest BCUT2D eigenvalue weighted by atomic mass is 10.0. The number of carbonyl (C=O) groups excluding carboxylic acids is 2. The first-order valence-electron chi connectivity index (χ1n) is 8.95. The molecule has 1 aromatic rings. The molecule has 2 atom stereocenters. The molecule has 0 unspecified atom stereocenters. The standard InChI is InChI=1S/C17H26N2O3.C2HF3O2/c1-4-22-17(21)15(10-12(2)3)19-16(20)14(18)11-13-8-6-5-7-9-13;3-2(4,5)1(6)7/h5-9,12,14-15H,4,10-11,18H2,1-3H3,(H,19,20);(H,6,7)/t14-,15-;/m0./s1. The van der Waals surface area contributed by atoms with Crippen LogP contribution in [0.25, 0.3) is 0 Å². The second-order valence-electron chi connectivity index (χ2n) is 6.54. The summed E-state index contributed by atoms with van der Waals surface area (Å²) in [6.07, 6.45) is -4.12. The fourth-order valence-electron chi connectivity index (χ4n) is 2.17. The molecule has 1 rings (SSSR count). The molecule has 0 aliphatic heterocycles. The van der Waals surface area contributed by atoms with Crippen LogP contribution in [0.15, 0.2) is 30.3 Å². The number of carboxylic acids is 1. The predicted octanol–water partition coefficient (Wildman–Crippen LogP) is 2.28. The molecule has 7 nitrogen and oxygen atoms in total. The molecule has 1 amide bonds. The molecule has 164 valence electrons. The van der Waals surface area contributed by atoms with Crippen LogP contribution in [0.4, 0.5) is 13.2 Å². The molecule has 0 radical (unpaired) electrons. The Hall–Kier alpha value is -2.62. The third-order valence-electron chi connectivity index (χ3n) is 3.47. The van der Waals surface area contributed by atoms with E-state index in [-0.39, 0.29) is 11.8 Å². The number of carbonyl (C=O) groups is 3. The average Bonchev–Trinajstić information content (AvgIpc) is 2.61. The summed E-state index contributed by atoms with van der Waals surface area (Å²) in [5, 5.41) is 9.84. The number of nitrogens with one attached hydrogen (secondary N) is 1. The van der Waals surface area contributed by atoms with Gasteiger partial charge in [-0.1, -0.05) is 44.2 Å². The van der Waals surface area contributed by atoms with Crippen molar-refractivity contribution in [1.29, 1.82) is 0 Å². The van der Waals surface area contributed by atoms with Crippen molar-refractivity contribution < 1.29 is 37.4 Å². The number of amides is 1. The maximum Gasteiger partial charge on any atom is 0.490 e. The lowest BCUT2D eigenvalue weighted by molar-refractivity contribution is -0.192. The highest BCUT2D eigenvalue weighted by Crippen LogP contribution is 2.13. The van der Waals surface area contributed by atoms with Crippen molar-refractivity contribution in [3.8, 4) is 0 Å². The van der Waals surface area contributed by atoms with Crippen LogP contribution in [-0.2, 0) is 25.5 Å². The number of esters is 1. The van der Waals surface area contributed by atoms with Gasteiger partial charge in [0.2, 0.25) is 5.91 Å². The van der Waals surface area contributed by atoms with Gasteiger partial charge in [-0.05, 0) is 31.2 Å². The van der Waals surface area contributed by atoms with Crippen molar-refractivity contribution in [2.45, 2.75) is 51.9 Å². The molecule has 0 heterocycles. The first-order valence-corrected chi connectivity index (χ1v) is 8.95. The summed E-state index contributed by atoms with van der Waals surface area (Å²) in [6, 6.07) is 8.23. The van der Waals surface area contributed by atoms with Crippen LogP contribution in [0.1, 0.15) is 32.8 Å². The highest BCUT2D eigenvalue weighted by atomic mass is 19.4. The maximum absolute atomic E-state index is 12.2. The molecule has 0 saturated carbocycles. The third kappa shape index (κ3) is 11.7. The van der Waals surface area contributed by atoms with E-state index in [4.69, 9.17) is 20.4 Å². The number of hydrogen-bond donors (Lipinski definition) is 3. The molecule has 1 aromatic carbocycles. The van der Waals surface area contributed by atoms with E-state index < -0.39 is 30.2 Å². The zero-order chi connectivity index (χ0) is 22.6. The highest BCUT2D eigenvalue weighted by molar-refractivity contribution is 5.87. The molecule has 0 saturated heterocycles. The lowest BCUT2D eigenvalue weighted by Crippen LogP contribution is -2.50. The van der Waals surface area contributed by atoms with Crippen LogP contribution in [0.3, 0.4) is 0 Å². The number of ether oxygens (including phenoxy) is 1. The number of nitrogens with two attached hydrogens (primary N) is 1. The minimum Gasteiger partial charge on any atom is -0.475 e. The lowest BCUT2D eigenvalue weighted by Gasteiger charge is -2.21. The number of halogens is 3. The van der Waals surface area contributed by atoms with Crippen LogP contribution in [0, 0.1) is 5.92 Å². The first kappa shape index (κ1) is 26.4. The number of rotatable bonds is 8. The topological polar surface area (TPSA) is 119 Å². The Morgan fingerprint density at radius 2 is 1.69 bits per heavy atom. The Balaban J connectivity index is 0.000000956. The Bertz CT molecular complexity index is 651. The maximum atomic E-state index is 12.2. The summed E-state index contributed by atoms with van der Waals surface area (Å²) in [4.78, 5) is 33.0. The van der Waals surface area contributed by atoms with Gasteiger partial charge in [-0.3, -0.25) is 4.79 Å². The van der Waals surface area contributed by atoms with Crippen molar-refractivity contribution in [3.05, 3.63) is 35.9 Å². The molecular weight excluding hydrogens is 393 g/mol. The number of carboxylic acid groups (broad SMARTS) is 1. The van der Waals surface area contributed by atoms with Crippen LogP contribution >= 0.6 is 0 Å². The van der Waals surface area contributed by atoms with Gasteiger partial charge in [-0.15, -0.1) is 0 Å². The number of hydrogen-bond acceptors (Lipinski definition) is 5. The second kappa shape index (κ2) is 12.8. The van der Waals surface area contributed by atoms with E-state index in [0.29, 0.717) is 19.4 Å². The molecule has 0 bridgehead atoms. The van der Waals surface area contributed by atoms with Crippen molar-refractivity contribution in [3.63, 3.8) is 0 Å². The smallest absolute Gasteiger partial charge is 0.475 e. The Kier molecular flexibility index (Phi) is 11.6. The summed E-state index contributed by atoms with van der Waals surface area (Å²) in [5.41, 5.74) is 6.93. The number of aliphatic carboxylic acids is 1. The summed E-state index contributed by atoms with van der Waals surface area (Å²) in [7, 11) is 0. The Labute approximate surface area is 167 Å². The van der Waals surface area contributed by atoms with Gasteiger partial charge < -0.3 is 20.9 Å². The minimum absolute atomic E-state index is 0.264. The number of benzene rings is 1. The van der Waals surface area contributed by atoms with E-state index in [1.807, 2.05) is 44.2 Å². The van der Waals surface area contributed by atoms with Gasteiger partial charge in [-0.25, -0.2) is 9.59 Å². The van der Waals surface area contributed by atoms with Crippen molar-refractivity contribution in [1.82, 2.24) is 5.32 Å². The zero-order valence-corrected chi connectivity index (χ0v) is 16.5. The Morgan fingerprint density at radius 1 is 1.17 bits per heavy atom. The van der Waals surface area contributed by atoms with Crippen molar-refractivity contribution in [2.24, 2.45) is 11.7 Å². The molecule has 0 aliphatic rings. The molecule has 10 heteroatoms. The molecule has 29 heavy (non-hydrogen) atoms. The predicted molar refractivity (Wildman–Crippen MR) is 99.8 cm³/mol. The van der Waals surface area contributed by atoms with E-state index in [1.54, 1.807) is 6.92 Å². The van der Waals surface area contributed by atoms with E-state index in [1.165, 1.54) is 0 Å². The van der Waals surface area contributed by atoms with Crippen LogP contribution in [0.5, 0.6) is 0 Å². The quantitative estimate of drug-likeness (QED) is 0.555. The van der Waals surface area contributed by atoms with Gasteiger partial charge in [0.1, 0.15) is 6.04 Å². The molecule has 4 N–H and O–H groups in total. The summed E-state index contributed by atoms with van der Waals surface area (Å²) >= 11 is 0. The summed E-state index contributed by atoms with van der Waals surface area (Å²) < 4.78 is 36.7. The third-order valence-corrected chi connectivity index (χ3v) is 3.47. The SMILES string of the molecule is CCOC(=O)[C@H](CC(C)C)NC(=O)[C@@H](N)Cc1ccccc1.O=C(O)C(F)(F)F. The molecule has 0 fully saturated rings. The van der Waals surface area contributed by atoms with Crippen LogP contribution < -0.4 is 11.1 Å².